The highest BCUT2D eigenvalue weighted by molar-refractivity contribution is 5.95. The molecule has 1 amide bonds. The van der Waals surface area contributed by atoms with Crippen LogP contribution in [0.25, 0.3) is 10.9 Å². The number of aliphatic hydroxyl groups excluding tert-OH is 1. The Kier molecular flexibility index (Phi) is 7.41. The summed E-state index contributed by atoms with van der Waals surface area (Å²) < 4.78 is 16.8. The van der Waals surface area contributed by atoms with Crippen molar-refractivity contribution < 1.29 is 23.9 Å². The molecular formula is C25H27N5O5. The van der Waals surface area contributed by atoms with E-state index in [4.69, 9.17) is 14.0 Å². The van der Waals surface area contributed by atoms with Gasteiger partial charge in [-0.3, -0.25) is 4.79 Å². The third-order valence-electron chi connectivity index (χ3n) is 5.15. The van der Waals surface area contributed by atoms with E-state index >= 15 is 0 Å². The Morgan fingerprint density at radius 3 is 2.71 bits per heavy atom. The summed E-state index contributed by atoms with van der Waals surface area (Å²) in [6.07, 6.45) is 0.421. The molecule has 3 N–H and O–H groups in total. The molecule has 2 heterocycles. The number of ether oxygens (including phenoxy) is 2. The lowest BCUT2D eigenvalue weighted by Gasteiger charge is -2.15. The first kappa shape index (κ1) is 24.0. The molecule has 0 aliphatic heterocycles. The summed E-state index contributed by atoms with van der Waals surface area (Å²) in [6, 6.07) is 13.1. The lowest BCUT2D eigenvalue weighted by atomic mass is 10.1. The van der Waals surface area contributed by atoms with Crippen LogP contribution in [-0.2, 0) is 11.4 Å². The zero-order valence-electron chi connectivity index (χ0n) is 19.7. The van der Waals surface area contributed by atoms with E-state index in [1.165, 1.54) is 13.3 Å². The summed E-state index contributed by atoms with van der Waals surface area (Å²) in [5, 5.41) is 19.9. The minimum Gasteiger partial charge on any atom is -0.491 e. The summed E-state index contributed by atoms with van der Waals surface area (Å²) in [4.78, 5) is 20.3. The lowest BCUT2D eigenvalue weighted by molar-refractivity contribution is -0.128. The molecule has 1 unspecified atom stereocenters. The van der Waals surface area contributed by atoms with Crippen LogP contribution in [0.4, 0.5) is 11.5 Å². The van der Waals surface area contributed by atoms with Gasteiger partial charge in [0, 0.05) is 11.8 Å². The number of fused-ring (bicyclic) bond motifs is 1. The van der Waals surface area contributed by atoms with Crippen molar-refractivity contribution >= 4 is 28.3 Å². The highest BCUT2D eigenvalue weighted by Crippen LogP contribution is 2.32. The lowest BCUT2D eigenvalue weighted by Crippen LogP contribution is -2.35. The number of anilines is 2. The number of amides is 1. The number of carbonyl (C=O) groups is 1. The Hall–Kier alpha value is -4.18. The van der Waals surface area contributed by atoms with Crippen LogP contribution in [0.1, 0.15) is 23.9 Å². The maximum absolute atomic E-state index is 11.5. The van der Waals surface area contributed by atoms with Gasteiger partial charge in [0.25, 0.3) is 0 Å². The molecule has 35 heavy (non-hydrogen) atoms. The van der Waals surface area contributed by atoms with E-state index in [1.807, 2.05) is 56.3 Å². The summed E-state index contributed by atoms with van der Waals surface area (Å²) in [5.74, 6) is 2.20. The van der Waals surface area contributed by atoms with Crippen molar-refractivity contribution in [3.8, 4) is 11.5 Å². The molecule has 0 saturated carbocycles. The molecule has 0 aliphatic carbocycles. The van der Waals surface area contributed by atoms with Crippen LogP contribution >= 0.6 is 0 Å². The van der Waals surface area contributed by atoms with Gasteiger partial charge in [-0.2, -0.15) is 0 Å². The normalized spacial score (nSPS) is 11.8. The fraction of sp³-hybridized carbons (Fsp3) is 0.280. The number of hydrogen-bond donors (Lipinski definition) is 3. The molecule has 10 nitrogen and oxygen atoms in total. The fourth-order valence-electron chi connectivity index (χ4n) is 3.44. The predicted molar refractivity (Wildman–Crippen MR) is 130 cm³/mol. The van der Waals surface area contributed by atoms with Crippen LogP contribution in [0.2, 0.25) is 0 Å². The standard InChI is InChI=1S/C25H27N5O5/c1-15-11-18(7-8-21(15)34-13-19-12-16(2)35-30-19)29-24-23-20(27-14-28-24)5-4-6-22(23)33-10-9-26-25(32)17(3)31/h4-8,11-12,14,17,31H,9-10,13H2,1-3H3,(H,26,32)(H,27,28,29). The maximum atomic E-state index is 11.5. The van der Waals surface area contributed by atoms with Crippen LogP contribution in [-0.4, -0.2) is 45.4 Å². The third-order valence-corrected chi connectivity index (χ3v) is 5.15. The second-order valence-corrected chi connectivity index (χ2v) is 8.01. The van der Waals surface area contributed by atoms with Gasteiger partial charge in [-0.15, -0.1) is 0 Å². The van der Waals surface area contributed by atoms with Gasteiger partial charge < -0.3 is 29.7 Å². The first-order valence-electron chi connectivity index (χ1n) is 11.2. The van der Waals surface area contributed by atoms with E-state index in [-0.39, 0.29) is 13.2 Å². The third kappa shape index (κ3) is 6.04. The van der Waals surface area contributed by atoms with Gasteiger partial charge in [0.2, 0.25) is 5.91 Å². The van der Waals surface area contributed by atoms with Gasteiger partial charge in [0.15, 0.2) is 0 Å². The first-order chi connectivity index (χ1) is 16.9. The molecule has 10 heteroatoms. The van der Waals surface area contributed by atoms with Crippen LogP contribution in [0, 0.1) is 13.8 Å². The molecule has 0 saturated heterocycles. The molecule has 1 atom stereocenters. The fourth-order valence-corrected chi connectivity index (χ4v) is 3.44. The van der Waals surface area contributed by atoms with Gasteiger partial charge in [0.1, 0.15) is 54.4 Å². The van der Waals surface area contributed by atoms with Crippen LogP contribution in [0.5, 0.6) is 11.5 Å². The molecule has 0 bridgehead atoms. The molecule has 4 aromatic rings. The summed E-state index contributed by atoms with van der Waals surface area (Å²) >= 11 is 0. The van der Waals surface area contributed by atoms with Crippen molar-refractivity contribution in [1.82, 2.24) is 20.4 Å². The minimum atomic E-state index is -1.07. The molecule has 0 fully saturated rings. The van der Waals surface area contributed by atoms with Crippen LogP contribution in [0.3, 0.4) is 0 Å². The molecule has 0 radical (unpaired) electrons. The number of aromatic nitrogens is 3. The van der Waals surface area contributed by atoms with Crippen molar-refractivity contribution in [2.75, 3.05) is 18.5 Å². The topological polar surface area (TPSA) is 132 Å². The predicted octanol–water partition coefficient (Wildman–Crippen LogP) is 3.43. The number of aryl methyl sites for hydroxylation is 2. The van der Waals surface area contributed by atoms with Crippen LogP contribution < -0.4 is 20.1 Å². The average molecular weight is 478 g/mol. The highest BCUT2D eigenvalue weighted by Gasteiger charge is 2.12. The molecular weight excluding hydrogens is 450 g/mol. The summed E-state index contributed by atoms with van der Waals surface area (Å²) in [6.45, 7) is 6.01. The Morgan fingerprint density at radius 2 is 1.97 bits per heavy atom. The maximum Gasteiger partial charge on any atom is 0.248 e. The monoisotopic (exact) mass is 477 g/mol. The van der Waals surface area contributed by atoms with Crippen molar-refractivity contribution in [3.63, 3.8) is 0 Å². The molecule has 0 aliphatic rings. The quantitative estimate of drug-likeness (QED) is 0.294. The molecule has 2 aromatic carbocycles. The van der Waals surface area contributed by atoms with E-state index < -0.39 is 12.0 Å². The van der Waals surface area contributed by atoms with Gasteiger partial charge in [-0.25, -0.2) is 9.97 Å². The Balaban J connectivity index is 1.47. The van der Waals surface area contributed by atoms with Crippen molar-refractivity contribution in [2.45, 2.75) is 33.5 Å². The van der Waals surface area contributed by atoms with Gasteiger partial charge in [-0.05, 0) is 56.7 Å². The largest absolute Gasteiger partial charge is 0.491 e. The smallest absolute Gasteiger partial charge is 0.248 e. The van der Waals surface area contributed by atoms with E-state index in [0.717, 1.165) is 33.8 Å². The van der Waals surface area contributed by atoms with Crippen molar-refractivity contribution in [3.05, 3.63) is 65.8 Å². The van der Waals surface area contributed by atoms with Gasteiger partial charge >= 0.3 is 0 Å². The number of hydrogen-bond acceptors (Lipinski definition) is 9. The van der Waals surface area contributed by atoms with Gasteiger partial charge in [-0.1, -0.05) is 11.2 Å². The zero-order valence-corrected chi connectivity index (χ0v) is 19.7. The second kappa shape index (κ2) is 10.8. The zero-order chi connectivity index (χ0) is 24.8. The number of benzene rings is 2. The van der Waals surface area contributed by atoms with E-state index in [0.29, 0.717) is 23.7 Å². The Labute approximate surface area is 202 Å². The Bertz CT molecular complexity index is 1320. The average Bonchev–Trinajstić information content (AvgIpc) is 3.26. The van der Waals surface area contributed by atoms with E-state index in [1.54, 1.807) is 0 Å². The number of nitrogens with zero attached hydrogens (tertiary/aromatic N) is 3. The highest BCUT2D eigenvalue weighted by atomic mass is 16.5. The summed E-state index contributed by atoms with van der Waals surface area (Å²) in [5.41, 5.74) is 3.21. The second-order valence-electron chi connectivity index (χ2n) is 8.01. The van der Waals surface area contributed by atoms with Gasteiger partial charge in [0.05, 0.1) is 17.4 Å². The summed E-state index contributed by atoms with van der Waals surface area (Å²) in [7, 11) is 0. The number of aliphatic hydroxyl groups is 1. The number of nitrogens with one attached hydrogen (secondary N) is 2. The number of carbonyl (C=O) groups excluding carboxylic acids is 1. The molecule has 2 aromatic heterocycles. The van der Waals surface area contributed by atoms with E-state index in [9.17, 15) is 9.90 Å². The molecule has 182 valence electrons. The number of rotatable bonds is 10. The first-order valence-corrected chi connectivity index (χ1v) is 11.2. The minimum absolute atomic E-state index is 0.224. The SMILES string of the molecule is Cc1cc(COc2ccc(Nc3ncnc4cccc(OCCNC(=O)C(C)O)c34)cc2C)no1. The van der Waals surface area contributed by atoms with Crippen LogP contribution in [0.15, 0.2) is 53.3 Å². The van der Waals surface area contributed by atoms with Crippen molar-refractivity contribution in [1.29, 1.82) is 0 Å². The Morgan fingerprint density at radius 1 is 1.11 bits per heavy atom. The van der Waals surface area contributed by atoms with E-state index in [2.05, 4.69) is 25.8 Å². The molecule has 0 spiro atoms. The van der Waals surface area contributed by atoms with Crippen molar-refractivity contribution in [2.24, 2.45) is 0 Å². The molecule has 4 rings (SSSR count).